The Bertz CT molecular complexity index is 766. The maximum Gasteiger partial charge on any atom is 0.277 e. The highest BCUT2D eigenvalue weighted by molar-refractivity contribution is 8.04. The van der Waals surface area contributed by atoms with Crippen LogP contribution in [0, 0.1) is 6.92 Å². The van der Waals surface area contributed by atoms with Crippen molar-refractivity contribution in [2.24, 2.45) is 0 Å². The molecule has 0 atom stereocenters. The smallest absolute Gasteiger partial charge is 0.267 e. The van der Waals surface area contributed by atoms with Gasteiger partial charge < -0.3 is 0 Å². The number of rotatable bonds is 1. The molecule has 3 rings (SSSR count). The predicted molar refractivity (Wildman–Crippen MR) is 77.9 cm³/mol. The molecule has 6 heteroatoms. The summed E-state index contributed by atoms with van der Waals surface area (Å²) in [5.74, 6) is -0.306. The number of benzene rings is 1. The van der Waals surface area contributed by atoms with E-state index in [9.17, 15) is 9.59 Å². The molecule has 1 aliphatic heterocycles. The molecule has 1 aliphatic rings. The number of aromatic nitrogens is 2. The molecule has 1 N–H and O–H groups in total. The number of nitrogens with one attached hydrogen (secondary N) is 1. The number of hydrogen-bond acceptors (Lipinski definition) is 4. The highest BCUT2D eigenvalue weighted by Gasteiger charge is 2.23. The average molecular weight is 285 g/mol. The van der Waals surface area contributed by atoms with Crippen molar-refractivity contribution in [3.05, 3.63) is 62.9 Å². The van der Waals surface area contributed by atoms with Crippen molar-refractivity contribution >= 4 is 23.7 Å². The largest absolute Gasteiger partial charge is 0.277 e. The maximum absolute atomic E-state index is 12.0. The Morgan fingerprint density at radius 2 is 2.00 bits per heavy atom. The summed E-state index contributed by atoms with van der Waals surface area (Å²) in [5, 5.41) is 0.469. The number of nitrogens with zero attached hydrogens (tertiary/aromatic N) is 2. The van der Waals surface area contributed by atoms with Gasteiger partial charge in [0.25, 0.3) is 11.5 Å². The summed E-state index contributed by atoms with van der Waals surface area (Å²) in [4.78, 5) is 28.6. The molecule has 20 heavy (non-hydrogen) atoms. The van der Waals surface area contributed by atoms with Gasteiger partial charge in [-0.1, -0.05) is 30.3 Å². The Balaban J connectivity index is 2.03. The van der Waals surface area contributed by atoms with E-state index < -0.39 is 0 Å². The molecule has 0 fully saturated rings. The Labute approximate surface area is 119 Å². The minimum absolute atomic E-state index is 0.285. The first-order valence-electron chi connectivity index (χ1n) is 6.00. The molecular weight excluding hydrogens is 274 g/mol. The Kier molecular flexibility index (Phi) is 3.15. The van der Waals surface area contributed by atoms with E-state index in [0.717, 1.165) is 5.56 Å². The quantitative estimate of drug-likeness (QED) is 0.640. The van der Waals surface area contributed by atoms with E-state index >= 15 is 0 Å². The summed E-state index contributed by atoms with van der Waals surface area (Å²) < 4.78 is 1.17. The molecule has 1 amide bonds. The topological polar surface area (TPSA) is 64.0 Å². The zero-order valence-electron chi connectivity index (χ0n) is 10.7. The Morgan fingerprint density at radius 3 is 2.75 bits per heavy atom. The third-order valence-corrected chi connectivity index (χ3v) is 3.73. The lowest BCUT2D eigenvalue weighted by molar-refractivity contribution is -0.113. The summed E-state index contributed by atoms with van der Waals surface area (Å²) >= 11 is 1.19. The summed E-state index contributed by atoms with van der Waals surface area (Å²) in [6.45, 7) is 1.75. The number of aryl methyl sites for hydroxylation is 1. The van der Waals surface area contributed by atoms with E-state index in [1.807, 2.05) is 30.3 Å². The van der Waals surface area contributed by atoms with Gasteiger partial charge in [0.2, 0.25) is 0 Å². The van der Waals surface area contributed by atoms with Gasteiger partial charge in [-0.15, -0.1) is 0 Å². The first kappa shape index (κ1) is 12.7. The van der Waals surface area contributed by atoms with Crippen molar-refractivity contribution in [1.29, 1.82) is 0 Å². The molecule has 2 heterocycles. The molecule has 0 saturated heterocycles. The summed E-state index contributed by atoms with van der Waals surface area (Å²) in [6.07, 6.45) is 1.78. The molecule has 0 saturated carbocycles. The molecule has 0 bridgehead atoms. The molecule has 0 radical (unpaired) electrons. The normalized spacial score (nSPS) is 15.8. The highest BCUT2D eigenvalue weighted by Crippen LogP contribution is 2.29. The van der Waals surface area contributed by atoms with Crippen molar-refractivity contribution in [2.75, 3.05) is 5.43 Å². The second-order valence-electron chi connectivity index (χ2n) is 4.32. The van der Waals surface area contributed by atoms with Crippen LogP contribution in [-0.4, -0.2) is 15.6 Å². The number of fused-ring (bicyclic) bond motifs is 1. The Morgan fingerprint density at radius 1 is 1.25 bits per heavy atom. The van der Waals surface area contributed by atoms with E-state index in [-0.39, 0.29) is 11.5 Å². The minimum atomic E-state index is -0.306. The van der Waals surface area contributed by atoms with Crippen LogP contribution in [0.1, 0.15) is 11.3 Å². The van der Waals surface area contributed by atoms with Crippen LogP contribution in [0.4, 0.5) is 0 Å². The zero-order chi connectivity index (χ0) is 14.1. The molecule has 0 unspecified atom stereocenters. The monoisotopic (exact) mass is 285 g/mol. The number of thioether (sulfide) groups is 1. The first-order chi connectivity index (χ1) is 9.63. The second-order valence-corrected chi connectivity index (χ2v) is 5.33. The van der Waals surface area contributed by atoms with Crippen LogP contribution in [0.15, 0.2) is 51.3 Å². The van der Waals surface area contributed by atoms with Crippen LogP contribution in [-0.2, 0) is 4.79 Å². The number of hydrogen-bond donors (Lipinski definition) is 1. The maximum atomic E-state index is 12.0. The highest BCUT2D eigenvalue weighted by atomic mass is 32.2. The van der Waals surface area contributed by atoms with Gasteiger partial charge in [0, 0.05) is 11.8 Å². The lowest BCUT2D eigenvalue weighted by atomic mass is 10.2. The van der Waals surface area contributed by atoms with Crippen molar-refractivity contribution < 1.29 is 4.79 Å². The van der Waals surface area contributed by atoms with Crippen molar-refractivity contribution in [1.82, 2.24) is 9.66 Å². The van der Waals surface area contributed by atoms with Crippen LogP contribution < -0.4 is 11.0 Å². The lowest BCUT2D eigenvalue weighted by Crippen LogP contribution is -2.38. The van der Waals surface area contributed by atoms with Crippen LogP contribution in [0.5, 0.6) is 0 Å². The summed E-state index contributed by atoms with van der Waals surface area (Å²) in [5.41, 5.74) is 3.81. The predicted octanol–water partition coefficient (Wildman–Crippen LogP) is 1.77. The third kappa shape index (κ3) is 2.37. The van der Waals surface area contributed by atoms with Gasteiger partial charge in [-0.2, -0.15) is 4.68 Å². The van der Waals surface area contributed by atoms with E-state index in [1.165, 1.54) is 22.5 Å². The van der Waals surface area contributed by atoms with Gasteiger partial charge in [-0.25, -0.2) is 4.98 Å². The van der Waals surface area contributed by atoms with Gasteiger partial charge in [-0.05, 0) is 30.3 Å². The number of amides is 1. The van der Waals surface area contributed by atoms with Gasteiger partial charge in [0.05, 0.1) is 4.91 Å². The van der Waals surface area contributed by atoms with Gasteiger partial charge in [0.15, 0.2) is 5.16 Å². The van der Waals surface area contributed by atoms with Crippen LogP contribution in [0.25, 0.3) is 6.08 Å². The fraction of sp³-hybridized carbons (Fsp3) is 0.0714. The molecular formula is C14H11N3O2S. The molecule has 0 aliphatic carbocycles. The van der Waals surface area contributed by atoms with Crippen LogP contribution >= 0.6 is 11.8 Å². The van der Waals surface area contributed by atoms with E-state index in [0.29, 0.717) is 15.8 Å². The molecule has 1 aromatic heterocycles. The van der Waals surface area contributed by atoms with Gasteiger partial charge >= 0.3 is 0 Å². The summed E-state index contributed by atoms with van der Waals surface area (Å²) in [6, 6.07) is 10.9. The van der Waals surface area contributed by atoms with Crippen molar-refractivity contribution in [3.63, 3.8) is 0 Å². The SMILES string of the molecule is Cc1cc(=O)n2c(n1)S/C(=C/c1ccccc1)C(=O)N2. The van der Waals surface area contributed by atoms with Gasteiger partial charge in [-0.3, -0.25) is 15.0 Å². The molecule has 100 valence electrons. The Hall–Kier alpha value is -2.34. The molecule has 5 nitrogen and oxygen atoms in total. The number of carbonyl (C=O) groups is 1. The first-order valence-corrected chi connectivity index (χ1v) is 6.82. The van der Waals surface area contributed by atoms with Crippen molar-refractivity contribution in [3.8, 4) is 0 Å². The fourth-order valence-electron chi connectivity index (χ4n) is 1.84. The number of carbonyl (C=O) groups excluding carboxylic acids is 1. The van der Waals surface area contributed by atoms with Crippen molar-refractivity contribution in [2.45, 2.75) is 12.1 Å². The van der Waals surface area contributed by atoms with E-state index in [2.05, 4.69) is 10.4 Å². The zero-order valence-corrected chi connectivity index (χ0v) is 11.5. The second kappa shape index (κ2) is 4.97. The van der Waals surface area contributed by atoms with Crippen LogP contribution in [0.3, 0.4) is 0 Å². The van der Waals surface area contributed by atoms with E-state index in [1.54, 1.807) is 13.0 Å². The molecule has 1 aromatic carbocycles. The lowest BCUT2D eigenvalue weighted by Gasteiger charge is -2.19. The van der Waals surface area contributed by atoms with Crippen LogP contribution in [0.2, 0.25) is 0 Å². The van der Waals surface area contributed by atoms with Gasteiger partial charge in [0.1, 0.15) is 0 Å². The average Bonchev–Trinajstić information content (AvgIpc) is 2.42. The minimum Gasteiger partial charge on any atom is -0.267 e. The third-order valence-electron chi connectivity index (χ3n) is 2.75. The molecule has 2 aromatic rings. The van der Waals surface area contributed by atoms with E-state index in [4.69, 9.17) is 0 Å². The standard InChI is InChI=1S/C14H11N3O2S/c1-9-7-12(18)17-14(15-9)20-11(13(19)16-17)8-10-5-3-2-4-6-10/h2-8H,1H3,(H,16,19)/b11-8+. The summed E-state index contributed by atoms with van der Waals surface area (Å²) in [7, 11) is 0. The molecule has 0 spiro atoms. The fourth-order valence-corrected chi connectivity index (χ4v) is 2.79.